The Labute approximate surface area is 113 Å². The van der Waals surface area contributed by atoms with Gasteiger partial charge < -0.3 is 5.32 Å². The molecule has 0 atom stereocenters. The average Bonchev–Trinajstić information content (AvgIpc) is 2.29. The summed E-state index contributed by atoms with van der Waals surface area (Å²) in [6, 6.07) is 4.10. The van der Waals surface area contributed by atoms with E-state index in [0.29, 0.717) is 15.3 Å². The number of hydrogen-bond acceptors (Lipinski definition) is 2. The van der Waals surface area contributed by atoms with Crippen molar-refractivity contribution in [1.29, 1.82) is 0 Å². The molecule has 0 aliphatic heterocycles. The molecule has 0 unspecified atom stereocenters. The van der Waals surface area contributed by atoms with Crippen molar-refractivity contribution in [2.45, 2.75) is 0 Å². The second-order valence-corrected chi connectivity index (χ2v) is 4.50. The van der Waals surface area contributed by atoms with Gasteiger partial charge in [-0.3, -0.25) is 0 Å². The van der Waals surface area contributed by atoms with Gasteiger partial charge in [0.2, 0.25) is 0 Å². The summed E-state index contributed by atoms with van der Waals surface area (Å²) in [5.41, 5.74) is 0.342. The Morgan fingerprint density at radius 1 is 1.00 bits per heavy atom. The Morgan fingerprint density at radius 2 is 1.72 bits per heavy atom. The van der Waals surface area contributed by atoms with Crippen LogP contribution in [-0.4, -0.2) is 4.98 Å². The number of halogens is 5. The first-order chi connectivity index (χ1) is 8.47. The molecule has 0 aliphatic carbocycles. The molecule has 0 amide bonds. The largest absolute Gasteiger partial charge is 0.337 e. The van der Waals surface area contributed by atoms with Crippen LogP contribution >= 0.6 is 22.6 Å². The highest BCUT2D eigenvalue weighted by atomic mass is 127. The molecule has 18 heavy (non-hydrogen) atoms. The van der Waals surface area contributed by atoms with Crippen molar-refractivity contribution >= 4 is 34.1 Å². The summed E-state index contributed by atoms with van der Waals surface area (Å²) in [5.74, 6) is -4.72. The predicted octanol–water partition coefficient (Wildman–Crippen LogP) is 3.99. The van der Waals surface area contributed by atoms with Gasteiger partial charge in [-0.15, -0.1) is 0 Å². The Morgan fingerprint density at radius 3 is 2.39 bits per heavy atom. The first kappa shape index (κ1) is 13.1. The van der Waals surface area contributed by atoms with Gasteiger partial charge in [0.15, 0.2) is 17.5 Å². The van der Waals surface area contributed by atoms with Crippen LogP contribution in [0.5, 0.6) is 0 Å². The first-order valence-corrected chi connectivity index (χ1v) is 5.79. The van der Waals surface area contributed by atoms with E-state index in [1.807, 2.05) is 22.6 Å². The van der Waals surface area contributed by atoms with Crippen LogP contribution in [-0.2, 0) is 0 Å². The van der Waals surface area contributed by atoms with E-state index < -0.39 is 29.2 Å². The molecule has 0 radical (unpaired) electrons. The van der Waals surface area contributed by atoms with E-state index in [1.165, 1.54) is 12.1 Å². The van der Waals surface area contributed by atoms with Crippen molar-refractivity contribution in [2.75, 3.05) is 5.32 Å². The van der Waals surface area contributed by atoms with Crippen LogP contribution < -0.4 is 5.32 Å². The normalized spacial score (nSPS) is 10.5. The van der Waals surface area contributed by atoms with Gasteiger partial charge >= 0.3 is 0 Å². The third kappa shape index (κ3) is 2.71. The summed E-state index contributed by atoms with van der Waals surface area (Å²) < 4.78 is 52.2. The van der Waals surface area contributed by atoms with Gasteiger partial charge in [-0.2, -0.15) is 9.37 Å². The van der Waals surface area contributed by atoms with E-state index in [0.717, 1.165) is 6.07 Å². The minimum atomic E-state index is -1.41. The summed E-state index contributed by atoms with van der Waals surface area (Å²) in [4.78, 5) is 3.11. The summed E-state index contributed by atoms with van der Waals surface area (Å²) in [7, 11) is 0. The van der Waals surface area contributed by atoms with E-state index >= 15 is 0 Å². The second-order valence-electron chi connectivity index (χ2n) is 3.34. The van der Waals surface area contributed by atoms with Crippen LogP contribution in [0.3, 0.4) is 0 Å². The smallest absolute Gasteiger partial charge is 0.251 e. The van der Waals surface area contributed by atoms with Gasteiger partial charge in [-0.1, -0.05) is 0 Å². The van der Waals surface area contributed by atoms with Crippen LogP contribution in [0.2, 0.25) is 0 Å². The lowest BCUT2D eigenvalue weighted by atomic mass is 10.3. The molecule has 1 aromatic carbocycles. The van der Waals surface area contributed by atoms with E-state index in [4.69, 9.17) is 0 Å². The molecule has 0 bridgehead atoms. The van der Waals surface area contributed by atoms with Crippen molar-refractivity contribution in [3.8, 4) is 0 Å². The molecule has 7 heteroatoms. The molecule has 2 nitrogen and oxygen atoms in total. The van der Waals surface area contributed by atoms with Crippen molar-refractivity contribution in [1.82, 2.24) is 4.98 Å². The van der Waals surface area contributed by atoms with Gasteiger partial charge in [0, 0.05) is 9.64 Å². The molecular formula is C11H5F4IN2. The highest BCUT2D eigenvalue weighted by molar-refractivity contribution is 14.1. The summed E-state index contributed by atoms with van der Waals surface area (Å²) in [5, 5.41) is 2.47. The maximum absolute atomic E-state index is 13.3. The number of nitrogens with one attached hydrogen (secondary N) is 1. The van der Waals surface area contributed by atoms with E-state index in [2.05, 4.69) is 10.3 Å². The topological polar surface area (TPSA) is 24.9 Å². The van der Waals surface area contributed by atoms with Crippen LogP contribution in [0.15, 0.2) is 24.3 Å². The van der Waals surface area contributed by atoms with E-state index in [9.17, 15) is 17.6 Å². The molecule has 1 heterocycles. The summed E-state index contributed by atoms with van der Waals surface area (Å²) >= 11 is 1.82. The number of hydrogen-bond donors (Lipinski definition) is 1. The number of rotatable bonds is 2. The quantitative estimate of drug-likeness (QED) is 0.493. The van der Waals surface area contributed by atoms with Gasteiger partial charge in [0.1, 0.15) is 5.82 Å². The fraction of sp³-hybridized carbons (Fsp3) is 0. The standard InChI is InChI=1S/C11H5F4IN2/c12-5-1-2-9(8(16)3-5)17-11-7(14)4-6(13)10(15)18-11/h1-4H,(H,17,18). The first-order valence-electron chi connectivity index (χ1n) is 4.71. The maximum Gasteiger partial charge on any atom is 0.251 e. The average molecular weight is 368 g/mol. The number of pyridine rings is 1. The van der Waals surface area contributed by atoms with Crippen molar-refractivity contribution in [3.05, 3.63) is 51.2 Å². The third-order valence-corrected chi connectivity index (χ3v) is 2.96. The minimum absolute atomic E-state index is 0.342. The molecule has 0 spiro atoms. The number of nitrogens with zero attached hydrogens (tertiary/aromatic N) is 1. The molecule has 0 aliphatic rings. The number of benzene rings is 1. The highest BCUT2D eigenvalue weighted by Gasteiger charge is 2.12. The van der Waals surface area contributed by atoms with Gasteiger partial charge in [0.25, 0.3) is 5.95 Å². The molecule has 1 aromatic heterocycles. The number of anilines is 2. The van der Waals surface area contributed by atoms with E-state index in [-0.39, 0.29) is 0 Å². The molecule has 0 fully saturated rings. The van der Waals surface area contributed by atoms with E-state index in [1.54, 1.807) is 0 Å². The summed E-state index contributed by atoms with van der Waals surface area (Å²) in [6.45, 7) is 0. The summed E-state index contributed by atoms with van der Waals surface area (Å²) in [6.07, 6.45) is 0. The fourth-order valence-electron chi connectivity index (χ4n) is 1.25. The highest BCUT2D eigenvalue weighted by Crippen LogP contribution is 2.24. The SMILES string of the molecule is Fc1ccc(Nc2nc(F)c(F)cc2F)c(I)c1. The molecule has 1 N–H and O–H groups in total. The molecular weight excluding hydrogens is 363 g/mol. The predicted molar refractivity (Wildman–Crippen MR) is 66.5 cm³/mol. The lowest BCUT2D eigenvalue weighted by molar-refractivity contribution is 0.467. The van der Waals surface area contributed by atoms with Gasteiger partial charge in [0.05, 0.1) is 5.69 Å². The van der Waals surface area contributed by atoms with Crippen LogP contribution in [0, 0.1) is 27.0 Å². The van der Waals surface area contributed by atoms with Crippen molar-refractivity contribution < 1.29 is 17.6 Å². The lowest BCUT2D eigenvalue weighted by Crippen LogP contribution is -2.02. The Balaban J connectivity index is 2.37. The zero-order valence-corrected chi connectivity index (χ0v) is 10.8. The molecule has 94 valence electrons. The minimum Gasteiger partial charge on any atom is -0.337 e. The van der Waals surface area contributed by atoms with Crippen LogP contribution in [0.25, 0.3) is 0 Å². The van der Waals surface area contributed by atoms with Crippen LogP contribution in [0.4, 0.5) is 29.1 Å². The Kier molecular flexibility index (Phi) is 3.69. The molecule has 2 aromatic rings. The molecule has 0 saturated carbocycles. The number of aromatic nitrogens is 1. The zero-order chi connectivity index (χ0) is 13.3. The van der Waals surface area contributed by atoms with Crippen LogP contribution in [0.1, 0.15) is 0 Å². The maximum atomic E-state index is 13.3. The second kappa shape index (κ2) is 5.09. The van der Waals surface area contributed by atoms with Crippen molar-refractivity contribution in [2.24, 2.45) is 0 Å². The molecule has 0 saturated heterocycles. The van der Waals surface area contributed by atoms with Gasteiger partial charge in [-0.05, 0) is 40.8 Å². The Hall–Kier alpha value is -1.38. The lowest BCUT2D eigenvalue weighted by Gasteiger charge is -2.08. The molecule has 2 rings (SSSR count). The zero-order valence-electron chi connectivity index (χ0n) is 8.65. The van der Waals surface area contributed by atoms with Crippen molar-refractivity contribution in [3.63, 3.8) is 0 Å². The third-order valence-electron chi connectivity index (χ3n) is 2.07. The fourth-order valence-corrected chi connectivity index (χ4v) is 1.86. The Bertz CT molecular complexity index is 604. The monoisotopic (exact) mass is 368 g/mol. The van der Waals surface area contributed by atoms with Gasteiger partial charge in [-0.25, -0.2) is 13.2 Å².